The zero-order valence-corrected chi connectivity index (χ0v) is 22.1. The molecular weight excluding hydrogens is 484 g/mol. The third-order valence-electron chi connectivity index (χ3n) is 7.73. The minimum atomic E-state index is -0.585. The van der Waals surface area contributed by atoms with Crippen molar-refractivity contribution >= 4 is 45.4 Å². The monoisotopic (exact) mass is 514 g/mol. The molecule has 4 aromatic carbocycles. The number of fused-ring (bicyclic) bond motifs is 1. The van der Waals surface area contributed by atoms with Gasteiger partial charge in [-0.1, -0.05) is 92.7 Å². The average Bonchev–Trinajstić information content (AvgIpc) is 3.50. The lowest BCUT2D eigenvalue weighted by atomic mass is 9.71. The van der Waals surface area contributed by atoms with Gasteiger partial charge >= 0.3 is 0 Å². The molecule has 0 saturated heterocycles. The summed E-state index contributed by atoms with van der Waals surface area (Å²) in [7, 11) is 0. The lowest BCUT2D eigenvalue weighted by Gasteiger charge is -2.29. The van der Waals surface area contributed by atoms with Crippen molar-refractivity contribution in [2.75, 3.05) is 10.0 Å². The van der Waals surface area contributed by atoms with Crippen molar-refractivity contribution in [3.63, 3.8) is 0 Å². The first-order valence-corrected chi connectivity index (χ1v) is 13.5. The smallest absolute Gasteiger partial charge is 0.256 e. The Labute approximate surface area is 228 Å². The number of amides is 2. The molecule has 0 bridgehead atoms. The molecule has 194 valence electrons. The Hall–Kier alpha value is -4.58. The van der Waals surface area contributed by atoms with Crippen LogP contribution in [-0.2, 0) is 9.59 Å². The van der Waals surface area contributed by atoms with Crippen molar-refractivity contribution in [1.82, 2.24) is 0 Å². The molecule has 0 radical (unpaired) electrons. The highest BCUT2D eigenvalue weighted by atomic mass is 16.2. The van der Waals surface area contributed by atoms with Gasteiger partial charge in [0.2, 0.25) is 0 Å². The Morgan fingerprint density at radius 3 is 1.56 bits per heavy atom. The van der Waals surface area contributed by atoms with Crippen molar-refractivity contribution in [3.8, 4) is 0 Å². The lowest BCUT2D eigenvalue weighted by Crippen LogP contribution is -2.40. The van der Waals surface area contributed by atoms with E-state index < -0.39 is 17.8 Å². The Balaban J connectivity index is 1.50. The zero-order chi connectivity index (χ0) is 26.9. The summed E-state index contributed by atoms with van der Waals surface area (Å²) >= 11 is 0. The first kappa shape index (κ1) is 24.7. The van der Waals surface area contributed by atoms with E-state index in [0.29, 0.717) is 12.8 Å². The number of nitrogens with zero attached hydrogens (tertiary/aromatic N) is 4. The summed E-state index contributed by atoms with van der Waals surface area (Å²) in [5.41, 5.74) is 3.95. The van der Waals surface area contributed by atoms with E-state index in [4.69, 9.17) is 10.2 Å². The second-order valence-electron chi connectivity index (χ2n) is 9.95. The Bertz CT molecular complexity index is 1510. The number of carbonyl (C=O) groups is 2. The number of carbonyl (C=O) groups excluding carboxylic acids is 2. The maximum absolute atomic E-state index is 14.2. The van der Waals surface area contributed by atoms with Crippen LogP contribution in [0.3, 0.4) is 0 Å². The van der Waals surface area contributed by atoms with Gasteiger partial charge < -0.3 is 0 Å². The summed E-state index contributed by atoms with van der Waals surface area (Å²) in [5, 5.41) is 14.8. The number of anilines is 2. The van der Waals surface area contributed by atoms with Crippen LogP contribution in [0.5, 0.6) is 0 Å². The fourth-order valence-corrected chi connectivity index (χ4v) is 5.83. The van der Waals surface area contributed by atoms with Crippen LogP contribution in [0.15, 0.2) is 113 Å². The molecule has 0 saturated carbocycles. The van der Waals surface area contributed by atoms with E-state index in [1.807, 2.05) is 86.6 Å². The standard InChI is InChI=1S/C33H30N4O2/c1-3-27-30(32(38)36(34-27)25-15-7-5-8-16-25)29(24-20-19-22-13-11-12-14-23(22)21-24)31-28(4-2)35-37(33(31)39)26-17-9-6-10-18-26/h5-21,29-31H,3-4H2,1-2H3. The summed E-state index contributed by atoms with van der Waals surface area (Å²) in [6, 6.07) is 33.4. The first-order chi connectivity index (χ1) is 19.1. The highest BCUT2D eigenvalue weighted by molar-refractivity contribution is 6.20. The summed E-state index contributed by atoms with van der Waals surface area (Å²) in [4.78, 5) is 28.4. The summed E-state index contributed by atoms with van der Waals surface area (Å²) < 4.78 is 0. The second kappa shape index (κ2) is 10.3. The van der Waals surface area contributed by atoms with Crippen LogP contribution >= 0.6 is 0 Å². The van der Waals surface area contributed by atoms with Crippen LogP contribution in [0, 0.1) is 11.8 Å². The molecule has 2 aliphatic heterocycles. The molecule has 0 spiro atoms. The van der Waals surface area contributed by atoms with Gasteiger partial charge in [-0.25, -0.2) is 10.0 Å². The van der Waals surface area contributed by atoms with Crippen molar-refractivity contribution in [2.45, 2.75) is 32.6 Å². The molecule has 39 heavy (non-hydrogen) atoms. The maximum Gasteiger partial charge on any atom is 0.256 e. The van der Waals surface area contributed by atoms with Crippen LogP contribution in [0.4, 0.5) is 11.4 Å². The predicted molar refractivity (Wildman–Crippen MR) is 157 cm³/mol. The van der Waals surface area contributed by atoms with Gasteiger partial charge in [0.05, 0.1) is 34.6 Å². The zero-order valence-electron chi connectivity index (χ0n) is 22.1. The number of para-hydroxylation sites is 2. The number of hydrazone groups is 2. The molecule has 0 aromatic heterocycles. The fourth-order valence-electron chi connectivity index (χ4n) is 5.83. The number of hydrogen-bond acceptors (Lipinski definition) is 4. The molecule has 6 heteroatoms. The van der Waals surface area contributed by atoms with Gasteiger partial charge in [-0.15, -0.1) is 0 Å². The summed E-state index contributed by atoms with van der Waals surface area (Å²) in [6.45, 7) is 4.04. The fraction of sp³-hybridized carbons (Fsp3) is 0.212. The van der Waals surface area contributed by atoms with Gasteiger partial charge in [-0.05, 0) is 53.4 Å². The van der Waals surface area contributed by atoms with Gasteiger partial charge in [-0.2, -0.15) is 10.2 Å². The average molecular weight is 515 g/mol. The summed E-state index contributed by atoms with van der Waals surface area (Å²) in [5.74, 6) is -1.85. The minimum absolute atomic E-state index is 0.113. The molecule has 6 rings (SSSR count). The Morgan fingerprint density at radius 1 is 0.615 bits per heavy atom. The molecule has 2 heterocycles. The highest BCUT2D eigenvalue weighted by Gasteiger charge is 2.51. The largest absolute Gasteiger partial charge is 0.272 e. The van der Waals surface area contributed by atoms with Crippen molar-refractivity contribution in [2.24, 2.45) is 22.0 Å². The Morgan fingerprint density at radius 2 is 1.08 bits per heavy atom. The van der Waals surface area contributed by atoms with E-state index in [9.17, 15) is 9.59 Å². The first-order valence-electron chi connectivity index (χ1n) is 13.5. The molecule has 2 amide bonds. The third-order valence-corrected chi connectivity index (χ3v) is 7.73. The second-order valence-corrected chi connectivity index (χ2v) is 9.95. The number of rotatable bonds is 7. The molecule has 0 fully saturated rings. The summed E-state index contributed by atoms with van der Waals surface area (Å²) in [6.07, 6.45) is 1.21. The van der Waals surface area contributed by atoms with E-state index in [-0.39, 0.29) is 11.8 Å². The van der Waals surface area contributed by atoms with Crippen molar-refractivity contribution in [3.05, 3.63) is 109 Å². The van der Waals surface area contributed by atoms with Gasteiger partial charge in [-0.3, -0.25) is 9.59 Å². The van der Waals surface area contributed by atoms with E-state index in [0.717, 1.165) is 39.1 Å². The van der Waals surface area contributed by atoms with E-state index in [1.165, 1.54) is 10.0 Å². The van der Waals surface area contributed by atoms with Gasteiger partial charge in [0.25, 0.3) is 11.8 Å². The van der Waals surface area contributed by atoms with E-state index in [1.54, 1.807) is 0 Å². The van der Waals surface area contributed by atoms with Crippen molar-refractivity contribution in [1.29, 1.82) is 0 Å². The number of benzene rings is 4. The number of hydrogen-bond donors (Lipinski definition) is 0. The van der Waals surface area contributed by atoms with Crippen LogP contribution in [0.25, 0.3) is 10.8 Å². The predicted octanol–water partition coefficient (Wildman–Crippen LogP) is 6.78. The quantitative estimate of drug-likeness (QED) is 0.273. The van der Waals surface area contributed by atoms with Gasteiger partial charge in [0, 0.05) is 5.92 Å². The molecule has 0 aliphatic carbocycles. The lowest BCUT2D eigenvalue weighted by molar-refractivity contribution is -0.122. The highest BCUT2D eigenvalue weighted by Crippen LogP contribution is 2.44. The Kier molecular flexibility index (Phi) is 6.53. The van der Waals surface area contributed by atoms with Crippen LogP contribution in [0.2, 0.25) is 0 Å². The minimum Gasteiger partial charge on any atom is -0.272 e. The molecule has 2 unspecified atom stereocenters. The normalized spacial score (nSPS) is 19.9. The molecule has 2 aliphatic rings. The van der Waals surface area contributed by atoms with Gasteiger partial charge in [0.1, 0.15) is 0 Å². The molecule has 6 nitrogen and oxygen atoms in total. The molecule has 2 atom stereocenters. The van der Waals surface area contributed by atoms with E-state index >= 15 is 0 Å². The SMILES string of the molecule is CCC1=NN(c2ccccc2)C(=O)C1C(c1ccc2ccccc2c1)C1C(=O)N(c2ccccc2)N=C1CC. The van der Waals surface area contributed by atoms with Crippen LogP contribution in [-0.4, -0.2) is 23.2 Å². The third kappa shape index (κ3) is 4.32. The van der Waals surface area contributed by atoms with Crippen LogP contribution in [0.1, 0.15) is 38.2 Å². The van der Waals surface area contributed by atoms with Gasteiger partial charge in [0.15, 0.2) is 0 Å². The van der Waals surface area contributed by atoms with Crippen molar-refractivity contribution < 1.29 is 9.59 Å². The van der Waals surface area contributed by atoms with E-state index in [2.05, 4.69) is 30.3 Å². The molecule has 4 aromatic rings. The molecular formula is C33H30N4O2. The molecule has 0 N–H and O–H groups in total. The topological polar surface area (TPSA) is 65.3 Å². The van der Waals surface area contributed by atoms with Crippen LogP contribution < -0.4 is 10.0 Å². The maximum atomic E-state index is 14.2.